The molecule has 4 rings (SSSR count). The SMILES string of the molecule is CCCc1cc(Nc2ccc(NC(C)=O)cc2)n2nc3nc(C)cc(C)c3c2n1. The van der Waals surface area contributed by atoms with E-state index < -0.39 is 0 Å². The van der Waals surface area contributed by atoms with Crippen LogP contribution in [0.5, 0.6) is 0 Å². The number of hydrogen-bond donors (Lipinski definition) is 2. The summed E-state index contributed by atoms with van der Waals surface area (Å²) in [4.78, 5) is 20.7. The van der Waals surface area contributed by atoms with Crippen LogP contribution in [0.15, 0.2) is 36.4 Å². The highest BCUT2D eigenvalue weighted by Crippen LogP contribution is 2.27. The zero-order chi connectivity index (χ0) is 20.5. The molecule has 0 atom stereocenters. The molecule has 0 bridgehead atoms. The minimum absolute atomic E-state index is 0.0906. The van der Waals surface area contributed by atoms with Crippen molar-refractivity contribution >= 4 is 39.8 Å². The smallest absolute Gasteiger partial charge is 0.221 e. The summed E-state index contributed by atoms with van der Waals surface area (Å²) in [6.07, 6.45) is 1.90. The van der Waals surface area contributed by atoms with E-state index in [1.807, 2.05) is 41.8 Å². The Balaban J connectivity index is 1.82. The normalized spacial score (nSPS) is 11.2. The maximum absolute atomic E-state index is 11.2. The van der Waals surface area contributed by atoms with Gasteiger partial charge < -0.3 is 10.6 Å². The monoisotopic (exact) mass is 388 g/mol. The zero-order valence-corrected chi connectivity index (χ0v) is 17.1. The molecule has 148 valence electrons. The number of pyridine rings is 1. The molecule has 3 heterocycles. The Labute approximate surface area is 169 Å². The second-order valence-electron chi connectivity index (χ2n) is 7.28. The molecule has 3 aromatic heterocycles. The van der Waals surface area contributed by atoms with Crippen LogP contribution in [0.25, 0.3) is 16.7 Å². The van der Waals surface area contributed by atoms with Gasteiger partial charge in [0.25, 0.3) is 0 Å². The molecule has 0 aliphatic carbocycles. The number of amides is 1. The standard InChI is InChI=1S/C22H24N6O/c1-5-6-18-12-19(25-17-9-7-16(8-10-17)24-15(4)29)28-22(26-18)20-13(2)11-14(3)23-21(20)27-28/h7-12,25H,5-6H2,1-4H3,(H,24,29). The van der Waals surface area contributed by atoms with Gasteiger partial charge in [-0.25, -0.2) is 9.97 Å². The van der Waals surface area contributed by atoms with Crippen molar-refractivity contribution < 1.29 is 4.79 Å². The number of hydrogen-bond acceptors (Lipinski definition) is 5. The van der Waals surface area contributed by atoms with Gasteiger partial charge in [0, 0.05) is 35.8 Å². The van der Waals surface area contributed by atoms with E-state index in [1.165, 1.54) is 6.92 Å². The van der Waals surface area contributed by atoms with Crippen LogP contribution in [0.1, 0.15) is 37.2 Å². The maximum Gasteiger partial charge on any atom is 0.221 e. The summed E-state index contributed by atoms with van der Waals surface area (Å²) in [5.41, 5.74) is 6.24. The molecule has 4 aromatic rings. The summed E-state index contributed by atoms with van der Waals surface area (Å²) in [5, 5.41) is 11.9. The number of nitrogens with one attached hydrogen (secondary N) is 2. The topological polar surface area (TPSA) is 84.2 Å². The fraction of sp³-hybridized carbons (Fsp3) is 0.273. The molecule has 29 heavy (non-hydrogen) atoms. The van der Waals surface area contributed by atoms with Crippen LogP contribution in [0.4, 0.5) is 17.2 Å². The van der Waals surface area contributed by atoms with E-state index in [4.69, 9.17) is 10.1 Å². The predicted molar refractivity (Wildman–Crippen MR) is 116 cm³/mol. The van der Waals surface area contributed by atoms with Crippen LogP contribution in [-0.2, 0) is 11.2 Å². The van der Waals surface area contributed by atoms with Crippen LogP contribution in [0.2, 0.25) is 0 Å². The van der Waals surface area contributed by atoms with Gasteiger partial charge in [0.15, 0.2) is 11.3 Å². The number of aromatic nitrogens is 4. The molecule has 0 fully saturated rings. The first kappa shape index (κ1) is 18.9. The van der Waals surface area contributed by atoms with E-state index in [1.54, 1.807) is 0 Å². The highest BCUT2D eigenvalue weighted by atomic mass is 16.1. The van der Waals surface area contributed by atoms with Crippen molar-refractivity contribution in [2.24, 2.45) is 0 Å². The quantitative estimate of drug-likeness (QED) is 0.524. The first-order valence-corrected chi connectivity index (χ1v) is 9.76. The summed E-state index contributed by atoms with van der Waals surface area (Å²) in [6, 6.07) is 11.7. The Morgan fingerprint density at radius 3 is 2.48 bits per heavy atom. The third-order valence-corrected chi connectivity index (χ3v) is 4.71. The lowest BCUT2D eigenvalue weighted by Crippen LogP contribution is -2.06. The van der Waals surface area contributed by atoms with E-state index >= 15 is 0 Å². The zero-order valence-electron chi connectivity index (χ0n) is 17.1. The second-order valence-corrected chi connectivity index (χ2v) is 7.28. The van der Waals surface area contributed by atoms with Crippen LogP contribution < -0.4 is 10.6 Å². The molecule has 0 radical (unpaired) electrons. The average Bonchev–Trinajstić information content (AvgIpc) is 3.02. The molecule has 0 saturated carbocycles. The fourth-order valence-electron chi connectivity index (χ4n) is 3.53. The van der Waals surface area contributed by atoms with Crippen molar-refractivity contribution in [2.75, 3.05) is 10.6 Å². The Kier molecular flexibility index (Phi) is 4.88. The molecule has 0 aliphatic rings. The number of aryl methyl sites for hydroxylation is 3. The molecule has 0 saturated heterocycles. The van der Waals surface area contributed by atoms with Gasteiger partial charge in [-0.1, -0.05) is 13.3 Å². The molecule has 0 aliphatic heterocycles. The molecule has 0 spiro atoms. The maximum atomic E-state index is 11.2. The van der Waals surface area contributed by atoms with Gasteiger partial charge in [-0.05, 0) is 56.2 Å². The Morgan fingerprint density at radius 2 is 1.79 bits per heavy atom. The van der Waals surface area contributed by atoms with E-state index in [0.717, 1.165) is 58.0 Å². The average molecular weight is 388 g/mol. The molecule has 0 unspecified atom stereocenters. The van der Waals surface area contributed by atoms with Crippen LogP contribution >= 0.6 is 0 Å². The Morgan fingerprint density at radius 1 is 1.07 bits per heavy atom. The number of fused-ring (bicyclic) bond motifs is 3. The summed E-state index contributed by atoms with van der Waals surface area (Å²) in [7, 11) is 0. The highest BCUT2D eigenvalue weighted by molar-refractivity contribution is 5.93. The summed E-state index contributed by atoms with van der Waals surface area (Å²) < 4.78 is 1.82. The minimum Gasteiger partial charge on any atom is -0.340 e. The molecule has 7 heteroatoms. The summed E-state index contributed by atoms with van der Waals surface area (Å²) in [5.74, 6) is 0.743. The number of rotatable bonds is 5. The third kappa shape index (κ3) is 3.76. The number of carbonyl (C=O) groups excluding carboxylic acids is 1. The van der Waals surface area contributed by atoms with Crippen molar-refractivity contribution in [2.45, 2.75) is 40.5 Å². The van der Waals surface area contributed by atoms with E-state index in [0.29, 0.717) is 5.65 Å². The van der Waals surface area contributed by atoms with Gasteiger partial charge in [-0.15, -0.1) is 5.10 Å². The lowest BCUT2D eigenvalue weighted by Gasteiger charge is -2.11. The molecule has 2 N–H and O–H groups in total. The molecule has 7 nitrogen and oxygen atoms in total. The van der Waals surface area contributed by atoms with Crippen molar-refractivity contribution in [3.63, 3.8) is 0 Å². The highest BCUT2D eigenvalue weighted by Gasteiger charge is 2.15. The van der Waals surface area contributed by atoms with E-state index in [2.05, 4.69) is 35.5 Å². The molecular weight excluding hydrogens is 364 g/mol. The van der Waals surface area contributed by atoms with Crippen LogP contribution in [0.3, 0.4) is 0 Å². The van der Waals surface area contributed by atoms with Gasteiger partial charge in [-0.2, -0.15) is 4.52 Å². The molecule has 1 aromatic carbocycles. The lowest BCUT2D eigenvalue weighted by molar-refractivity contribution is -0.114. The molecular formula is C22H24N6O. The number of nitrogens with zero attached hydrogens (tertiary/aromatic N) is 4. The first-order chi connectivity index (χ1) is 13.9. The van der Waals surface area contributed by atoms with Crippen LogP contribution in [-0.4, -0.2) is 25.5 Å². The predicted octanol–water partition coefficient (Wildman–Crippen LogP) is 4.55. The number of anilines is 3. The van der Waals surface area contributed by atoms with Gasteiger partial charge in [0.05, 0.1) is 5.39 Å². The number of benzene rings is 1. The summed E-state index contributed by atoms with van der Waals surface area (Å²) in [6.45, 7) is 7.68. The van der Waals surface area contributed by atoms with Gasteiger partial charge in [-0.3, -0.25) is 4.79 Å². The Bertz CT molecular complexity index is 1210. The molecule has 1 amide bonds. The van der Waals surface area contributed by atoms with Crippen molar-refractivity contribution in [1.82, 2.24) is 19.6 Å². The first-order valence-electron chi connectivity index (χ1n) is 9.76. The van der Waals surface area contributed by atoms with Crippen molar-refractivity contribution in [3.8, 4) is 0 Å². The van der Waals surface area contributed by atoms with Crippen LogP contribution in [0, 0.1) is 13.8 Å². The van der Waals surface area contributed by atoms with Gasteiger partial charge in [0.2, 0.25) is 5.91 Å². The van der Waals surface area contributed by atoms with Crippen molar-refractivity contribution in [3.05, 3.63) is 53.3 Å². The van der Waals surface area contributed by atoms with E-state index in [-0.39, 0.29) is 5.91 Å². The Hall–Kier alpha value is -3.48. The van der Waals surface area contributed by atoms with Gasteiger partial charge >= 0.3 is 0 Å². The third-order valence-electron chi connectivity index (χ3n) is 4.71. The minimum atomic E-state index is -0.0906. The number of carbonyl (C=O) groups is 1. The lowest BCUT2D eigenvalue weighted by atomic mass is 10.2. The summed E-state index contributed by atoms with van der Waals surface area (Å²) >= 11 is 0. The van der Waals surface area contributed by atoms with Gasteiger partial charge in [0.1, 0.15) is 5.82 Å². The van der Waals surface area contributed by atoms with Crippen molar-refractivity contribution in [1.29, 1.82) is 0 Å². The largest absolute Gasteiger partial charge is 0.340 e. The fourth-order valence-corrected chi connectivity index (χ4v) is 3.53. The van der Waals surface area contributed by atoms with E-state index in [9.17, 15) is 4.79 Å². The second kappa shape index (κ2) is 7.50.